The quantitative estimate of drug-likeness (QED) is 0.540. The number of carbonyl (C=O) groups excluding carboxylic acids is 1. The van der Waals surface area contributed by atoms with Crippen LogP contribution in [0, 0.1) is 5.41 Å². The molecule has 5 nitrogen and oxygen atoms in total. The fourth-order valence-corrected chi connectivity index (χ4v) is 6.88. The van der Waals surface area contributed by atoms with Crippen LogP contribution in [0.2, 0.25) is 0 Å². The molecule has 162 valence electrons. The second-order valence-electron chi connectivity index (χ2n) is 8.21. The van der Waals surface area contributed by atoms with E-state index in [9.17, 15) is 18.3 Å². The maximum absolute atomic E-state index is 13.5. The van der Waals surface area contributed by atoms with Gasteiger partial charge in [-0.3, -0.25) is 4.79 Å². The Hall–Kier alpha value is -2.18. The number of sulfone groups is 1. The number of hydrogen-bond donors (Lipinski definition) is 1. The number of hydrogen-bond acceptors (Lipinski definition) is 5. The summed E-state index contributed by atoms with van der Waals surface area (Å²) in [4.78, 5) is 11.5. The first kappa shape index (κ1) is 22.5. The summed E-state index contributed by atoms with van der Waals surface area (Å²) in [5, 5.41) is 11.7. The zero-order valence-corrected chi connectivity index (χ0v) is 18.6. The van der Waals surface area contributed by atoms with Gasteiger partial charge in [0.05, 0.1) is 16.8 Å². The van der Waals surface area contributed by atoms with Crippen LogP contribution in [-0.2, 0) is 14.6 Å². The van der Waals surface area contributed by atoms with E-state index < -0.39 is 33.2 Å². The van der Waals surface area contributed by atoms with Crippen molar-refractivity contribution < 1.29 is 23.1 Å². The van der Waals surface area contributed by atoms with Gasteiger partial charge in [-0.05, 0) is 36.1 Å². The van der Waals surface area contributed by atoms with E-state index in [2.05, 4.69) is 6.92 Å². The van der Waals surface area contributed by atoms with E-state index in [0.717, 1.165) is 18.4 Å². The lowest BCUT2D eigenvalue weighted by atomic mass is 9.69. The Balaban J connectivity index is 2.26. The third-order valence-corrected chi connectivity index (χ3v) is 8.21. The van der Waals surface area contributed by atoms with Gasteiger partial charge in [0.1, 0.15) is 5.75 Å². The molecule has 0 saturated carbocycles. The van der Waals surface area contributed by atoms with Crippen molar-refractivity contribution in [2.24, 2.45) is 5.41 Å². The van der Waals surface area contributed by atoms with Crippen molar-refractivity contribution in [3.05, 3.63) is 59.7 Å². The number of unbranched alkanes of at least 4 members (excludes halogenated alkanes) is 1. The highest BCUT2D eigenvalue weighted by Crippen LogP contribution is 2.49. The lowest BCUT2D eigenvalue weighted by Gasteiger charge is -2.39. The molecule has 6 heteroatoms. The SMILES string of the molecule is CCCC[C@@]1(CC)CS(=O)(=O)c2cc(OC(C)=O)ccc2[C@@H](c2ccccc2)[C@H]1O. The van der Waals surface area contributed by atoms with E-state index in [0.29, 0.717) is 18.4 Å². The Morgan fingerprint density at radius 1 is 1.17 bits per heavy atom. The summed E-state index contributed by atoms with van der Waals surface area (Å²) >= 11 is 0. The fraction of sp³-hybridized carbons (Fsp3) is 0.458. The van der Waals surface area contributed by atoms with Gasteiger partial charge in [0.15, 0.2) is 9.84 Å². The Morgan fingerprint density at radius 2 is 1.87 bits per heavy atom. The first-order valence-electron chi connectivity index (χ1n) is 10.5. The predicted octanol–water partition coefficient (Wildman–Crippen LogP) is 4.48. The molecule has 1 aliphatic rings. The minimum Gasteiger partial charge on any atom is -0.427 e. The lowest BCUT2D eigenvalue weighted by molar-refractivity contribution is -0.131. The molecule has 0 saturated heterocycles. The largest absolute Gasteiger partial charge is 0.427 e. The topological polar surface area (TPSA) is 80.7 Å². The number of carbonyl (C=O) groups is 1. The van der Waals surface area contributed by atoms with Gasteiger partial charge in [-0.1, -0.05) is 63.1 Å². The summed E-state index contributed by atoms with van der Waals surface area (Å²) < 4.78 is 32.2. The minimum absolute atomic E-state index is 0.127. The standard InChI is InChI=1S/C24H30O5S/c1-4-6-14-24(5-2)16-30(27,28)21-15-19(29-17(3)25)12-13-20(21)22(23(24)26)18-10-8-7-9-11-18/h7-13,15,22-23,26H,4-6,14,16H2,1-3H3/t22-,23-,24+/m1/s1. The van der Waals surface area contributed by atoms with E-state index in [-0.39, 0.29) is 16.4 Å². The number of aliphatic hydroxyl groups excluding tert-OH is 1. The molecule has 3 atom stereocenters. The maximum Gasteiger partial charge on any atom is 0.308 e. The summed E-state index contributed by atoms with van der Waals surface area (Å²) in [7, 11) is -3.71. The normalized spacial score (nSPS) is 25.2. The van der Waals surface area contributed by atoms with E-state index in [1.165, 1.54) is 13.0 Å². The smallest absolute Gasteiger partial charge is 0.308 e. The van der Waals surface area contributed by atoms with E-state index >= 15 is 0 Å². The van der Waals surface area contributed by atoms with Crippen molar-refractivity contribution in [2.45, 2.75) is 63.4 Å². The summed E-state index contributed by atoms with van der Waals surface area (Å²) in [6.07, 6.45) is 2.10. The molecule has 0 aliphatic carbocycles. The van der Waals surface area contributed by atoms with Gasteiger partial charge in [-0.2, -0.15) is 0 Å². The second kappa shape index (κ2) is 8.90. The molecule has 2 aromatic rings. The first-order chi connectivity index (χ1) is 14.2. The zero-order chi connectivity index (χ0) is 21.9. The first-order valence-corrected chi connectivity index (χ1v) is 12.2. The summed E-state index contributed by atoms with van der Waals surface area (Å²) in [6.45, 7) is 5.30. The molecule has 3 rings (SSSR count). The molecule has 0 fully saturated rings. The highest BCUT2D eigenvalue weighted by Gasteiger charge is 2.48. The monoisotopic (exact) mass is 430 g/mol. The molecule has 0 amide bonds. The Morgan fingerprint density at radius 3 is 2.47 bits per heavy atom. The van der Waals surface area contributed by atoms with E-state index in [1.807, 2.05) is 37.3 Å². The lowest BCUT2D eigenvalue weighted by Crippen LogP contribution is -2.42. The average molecular weight is 431 g/mol. The zero-order valence-electron chi connectivity index (χ0n) is 17.8. The minimum atomic E-state index is -3.71. The molecule has 1 heterocycles. The van der Waals surface area contributed by atoms with Crippen LogP contribution in [0.25, 0.3) is 0 Å². The van der Waals surface area contributed by atoms with Gasteiger partial charge in [-0.15, -0.1) is 0 Å². The fourth-order valence-electron chi connectivity index (χ4n) is 4.59. The van der Waals surface area contributed by atoms with Gasteiger partial charge in [-0.25, -0.2) is 8.42 Å². The van der Waals surface area contributed by atoms with Crippen LogP contribution >= 0.6 is 0 Å². The number of aliphatic hydroxyl groups is 1. The Bertz CT molecular complexity index is 1000. The summed E-state index contributed by atoms with van der Waals surface area (Å²) in [6, 6.07) is 14.3. The third-order valence-electron chi connectivity index (χ3n) is 6.23. The van der Waals surface area contributed by atoms with Gasteiger partial charge in [0.2, 0.25) is 0 Å². The number of rotatable bonds is 6. The molecule has 0 aromatic heterocycles. The molecule has 0 spiro atoms. The summed E-state index contributed by atoms with van der Waals surface area (Å²) in [5.74, 6) is -0.922. The molecular weight excluding hydrogens is 400 g/mol. The van der Waals surface area contributed by atoms with Crippen molar-refractivity contribution in [2.75, 3.05) is 5.75 Å². The van der Waals surface area contributed by atoms with Crippen molar-refractivity contribution in [1.82, 2.24) is 0 Å². The van der Waals surface area contributed by atoms with Crippen molar-refractivity contribution >= 4 is 15.8 Å². The maximum atomic E-state index is 13.5. The van der Waals surface area contributed by atoms with Crippen LogP contribution in [0.3, 0.4) is 0 Å². The predicted molar refractivity (Wildman–Crippen MR) is 116 cm³/mol. The van der Waals surface area contributed by atoms with Gasteiger partial charge >= 0.3 is 5.97 Å². The molecule has 30 heavy (non-hydrogen) atoms. The van der Waals surface area contributed by atoms with Crippen LogP contribution in [0.4, 0.5) is 0 Å². The number of esters is 1. The molecule has 1 N–H and O–H groups in total. The number of fused-ring (bicyclic) bond motifs is 1. The van der Waals surface area contributed by atoms with Crippen LogP contribution < -0.4 is 4.74 Å². The molecule has 2 aromatic carbocycles. The molecule has 0 unspecified atom stereocenters. The second-order valence-corrected chi connectivity index (χ2v) is 10.2. The van der Waals surface area contributed by atoms with Crippen molar-refractivity contribution in [3.63, 3.8) is 0 Å². The average Bonchev–Trinajstić information content (AvgIpc) is 2.78. The number of benzene rings is 2. The highest BCUT2D eigenvalue weighted by molar-refractivity contribution is 7.91. The molecule has 1 aliphatic heterocycles. The van der Waals surface area contributed by atoms with Crippen LogP contribution in [0.1, 0.15) is 63.5 Å². The Labute approximate surface area is 179 Å². The molecule has 0 bridgehead atoms. The Kier molecular flexibility index (Phi) is 6.68. The van der Waals surface area contributed by atoms with Gasteiger partial charge in [0, 0.05) is 18.3 Å². The molecule has 0 radical (unpaired) electrons. The van der Waals surface area contributed by atoms with Gasteiger partial charge in [0.25, 0.3) is 0 Å². The van der Waals surface area contributed by atoms with Gasteiger partial charge < -0.3 is 9.84 Å². The van der Waals surface area contributed by atoms with E-state index in [4.69, 9.17) is 4.74 Å². The third kappa shape index (κ3) is 4.30. The van der Waals surface area contributed by atoms with Crippen LogP contribution in [-0.4, -0.2) is 31.4 Å². The van der Waals surface area contributed by atoms with Crippen LogP contribution in [0.5, 0.6) is 5.75 Å². The summed E-state index contributed by atoms with van der Waals surface area (Å²) in [5.41, 5.74) is 0.671. The van der Waals surface area contributed by atoms with Crippen molar-refractivity contribution in [1.29, 1.82) is 0 Å². The van der Waals surface area contributed by atoms with Crippen LogP contribution in [0.15, 0.2) is 53.4 Å². The van der Waals surface area contributed by atoms with Crippen molar-refractivity contribution in [3.8, 4) is 5.75 Å². The van der Waals surface area contributed by atoms with E-state index in [1.54, 1.807) is 12.1 Å². The molecular formula is C24H30O5S. The highest BCUT2D eigenvalue weighted by atomic mass is 32.2. The number of ether oxygens (including phenoxy) is 1.